The van der Waals surface area contributed by atoms with Crippen LogP contribution in [0.5, 0.6) is 0 Å². The maximum atomic E-state index is 13.4. The summed E-state index contributed by atoms with van der Waals surface area (Å²) in [6.07, 6.45) is 3.90. The number of aliphatic hydroxyl groups excluding tert-OH is 1. The molecule has 29 heavy (non-hydrogen) atoms. The maximum Gasteiger partial charge on any atom is 0.223 e. The lowest BCUT2D eigenvalue weighted by molar-refractivity contribution is -0.133. The fraction of sp³-hybridized carbons (Fsp3) is 0.458. The van der Waals surface area contributed by atoms with E-state index in [-0.39, 0.29) is 36.3 Å². The van der Waals surface area contributed by atoms with Gasteiger partial charge in [-0.15, -0.1) is 0 Å². The first-order valence-corrected chi connectivity index (χ1v) is 10.6. The number of hydrogen-bond acceptors (Lipinski definition) is 3. The number of benzene rings is 2. The first-order chi connectivity index (χ1) is 14.1. The molecule has 0 radical (unpaired) electrons. The van der Waals surface area contributed by atoms with Crippen molar-refractivity contribution >= 4 is 11.6 Å². The zero-order valence-corrected chi connectivity index (χ0v) is 16.7. The predicted octanol–water partition coefficient (Wildman–Crippen LogP) is 3.99. The molecule has 2 aliphatic heterocycles. The lowest BCUT2D eigenvalue weighted by Crippen LogP contribution is -2.48. The molecule has 3 aliphatic rings. The van der Waals surface area contributed by atoms with Crippen molar-refractivity contribution in [1.82, 2.24) is 4.90 Å². The number of aliphatic hydroxyl groups is 1. The van der Waals surface area contributed by atoms with E-state index in [0.29, 0.717) is 12.3 Å². The molecule has 152 valence electrons. The lowest BCUT2D eigenvalue weighted by atomic mass is 9.81. The number of anilines is 1. The highest BCUT2D eigenvalue weighted by molar-refractivity contribution is 5.79. The summed E-state index contributed by atoms with van der Waals surface area (Å²) in [6, 6.07) is 12.8. The van der Waals surface area contributed by atoms with Gasteiger partial charge in [0.15, 0.2) is 0 Å². The minimum Gasteiger partial charge on any atom is -0.394 e. The second kappa shape index (κ2) is 7.13. The van der Waals surface area contributed by atoms with Crippen LogP contribution in [0.4, 0.5) is 10.1 Å². The molecule has 0 spiro atoms. The van der Waals surface area contributed by atoms with Gasteiger partial charge in [0.05, 0.1) is 18.7 Å². The fourth-order valence-electron chi connectivity index (χ4n) is 5.24. The molecule has 2 aromatic carbocycles. The largest absolute Gasteiger partial charge is 0.394 e. The Morgan fingerprint density at radius 1 is 1.10 bits per heavy atom. The van der Waals surface area contributed by atoms with Crippen LogP contribution < -0.4 is 4.90 Å². The Kier molecular flexibility index (Phi) is 4.58. The Labute approximate surface area is 170 Å². The van der Waals surface area contributed by atoms with Crippen LogP contribution >= 0.6 is 0 Å². The van der Waals surface area contributed by atoms with Gasteiger partial charge in [0.2, 0.25) is 5.91 Å². The van der Waals surface area contributed by atoms with Gasteiger partial charge in [-0.3, -0.25) is 4.79 Å². The van der Waals surface area contributed by atoms with E-state index in [0.717, 1.165) is 35.3 Å². The molecule has 4 nitrogen and oxygen atoms in total. The number of carbonyl (C=O) groups excluding carboxylic acids is 1. The first-order valence-electron chi connectivity index (χ1n) is 10.6. The van der Waals surface area contributed by atoms with Gasteiger partial charge in [0.25, 0.3) is 0 Å². The third-order valence-corrected chi connectivity index (χ3v) is 7.01. The topological polar surface area (TPSA) is 43.8 Å². The molecule has 3 atom stereocenters. The highest BCUT2D eigenvalue weighted by Crippen LogP contribution is 2.50. The monoisotopic (exact) mass is 394 g/mol. The second-order valence-corrected chi connectivity index (χ2v) is 8.77. The van der Waals surface area contributed by atoms with Crippen molar-refractivity contribution in [3.8, 4) is 11.1 Å². The summed E-state index contributed by atoms with van der Waals surface area (Å²) < 4.78 is 13.4. The van der Waals surface area contributed by atoms with Crippen LogP contribution in [-0.4, -0.2) is 42.2 Å². The van der Waals surface area contributed by atoms with Gasteiger partial charge in [0, 0.05) is 31.6 Å². The molecular weight excluding hydrogens is 367 g/mol. The summed E-state index contributed by atoms with van der Waals surface area (Å²) in [5.74, 6) is 0.792. The predicted molar refractivity (Wildman–Crippen MR) is 111 cm³/mol. The number of nitrogens with zero attached hydrogens (tertiary/aromatic N) is 2. The van der Waals surface area contributed by atoms with Crippen molar-refractivity contribution in [3.05, 3.63) is 53.8 Å². The Bertz CT molecular complexity index is 925. The van der Waals surface area contributed by atoms with Crippen molar-refractivity contribution in [2.24, 2.45) is 11.8 Å². The maximum absolute atomic E-state index is 13.4. The Hall–Kier alpha value is -2.40. The minimum absolute atomic E-state index is 0.00463. The van der Waals surface area contributed by atoms with Crippen molar-refractivity contribution in [3.63, 3.8) is 0 Å². The first kappa shape index (κ1) is 18.6. The SMILES string of the molecule is CN1c2ccc(-c3ccc(F)cc3)cc2[C@@H]2[C@@H](CCN2C(=O)CC2CC2)[C@@H]1CO. The van der Waals surface area contributed by atoms with Crippen LogP contribution in [-0.2, 0) is 4.79 Å². The molecule has 2 aromatic rings. The molecule has 1 amide bonds. The van der Waals surface area contributed by atoms with Gasteiger partial charge in [-0.25, -0.2) is 4.39 Å². The molecule has 2 heterocycles. The summed E-state index contributed by atoms with van der Waals surface area (Å²) in [5, 5.41) is 10.1. The second-order valence-electron chi connectivity index (χ2n) is 8.77. The average molecular weight is 394 g/mol. The number of carbonyl (C=O) groups is 1. The van der Waals surface area contributed by atoms with E-state index < -0.39 is 0 Å². The molecule has 1 saturated carbocycles. The average Bonchev–Trinajstić information content (AvgIpc) is 3.43. The van der Waals surface area contributed by atoms with E-state index in [1.165, 1.54) is 25.0 Å². The summed E-state index contributed by atoms with van der Waals surface area (Å²) in [7, 11) is 2.03. The summed E-state index contributed by atoms with van der Waals surface area (Å²) in [4.78, 5) is 17.3. The van der Waals surface area contributed by atoms with Gasteiger partial charge in [-0.1, -0.05) is 18.2 Å². The number of fused-ring (bicyclic) bond motifs is 3. The molecule has 5 rings (SSSR count). The summed E-state index contributed by atoms with van der Waals surface area (Å²) in [6.45, 7) is 0.840. The van der Waals surface area contributed by atoms with Crippen LogP contribution in [0.2, 0.25) is 0 Å². The molecular formula is C24H27FN2O2. The molecule has 0 bridgehead atoms. The Morgan fingerprint density at radius 3 is 2.52 bits per heavy atom. The van der Waals surface area contributed by atoms with E-state index in [2.05, 4.69) is 21.9 Å². The smallest absolute Gasteiger partial charge is 0.223 e. The van der Waals surface area contributed by atoms with Gasteiger partial charge in [-0.2, -0.15) is 0 Å². The van der Waals surface area contributed by atoms with E-state index in [9.17, 15) is 14.3 Å². The van der Waals surface area contributed by atoms with Gasteiger partial charge in [-0.05, 0) is 66.1 Å². The van der Waals surface area contributed by atoms with Crippen LogP contribution in [0, 0.1) is 17.7 Å². The van der Waals surface area contributed by atoms with Crippen LogP contribution in [0.25, 0.3) is 11.1 Å². The normalized spacial score (nSPS) is 25.7. The quantitative estimate of drug-likeness (QED) is 0.853. The molecule has 1 saturated heterocycles. The third kappa shape index (κ3) is 3.21. The summed E-state index contributed by atoms with van der Waals surface area (Å²) >= 11 is 0. The lowest BCUT2D eigenvalue weighted by Gasteiger charge is -2.44. The number of rotatable bonds is 4. The van der Waals surface area contributed by atoms with Crippen LogP contribution in [0.1, 0.15) is 37.3 Å². The standard InChI is InChI=1S/C24H27FN2O2/c1-26-21-9-6-17(16-4-7-18(25)8-5-16)13-20(21)24-19(22(26)14-28)10-11-27(24)23(29)12-15-2-3-15/h4-9,13,15,19,22,24,28H,2-3,10-12,14H2,1H3/t19-,22-,24-/m0/s1. The molecule has 5 heteroatoms. The number of halogens is 1. The van der Waals surface area contributed by atoms with Crippen molar-refractivity contribution < 1.29 is 14.3 Å². The highest BCUT2D eigenvalue weighted by atomic mass is 19.1. The minimum atomic E-state index is -0.245. The van der Waals surface area contributed by atoms with Gasteiger partial charge in [0.1, 0.15) is 5.82 Å². The van der Waals surface area contributed by atoms with Gasteiger partial charge < -0.3 is 14.9 Å². The van der Waals surface area contributed by atoms with E-state index in [1.807, 2.05) is 13.1 Å². The van der Waals surface area contributed by atoms with E-state index in [1.54, 1.807) is 12.1 Å². The van der Waals surface area contributed by atoms with E-state index >= 15 is 0 Å². The number of amides is 1. The van der Waals surface area contributed by atoms with Gasteiger partial charge >= 0.3 is 0 Å². The van der Waals surface area contributed by atoms with Crippen molar-refractivity contribution in [2.75, 3.05) is 25.1 Å². The van der Waals surface area contributed by atoms with Crippen LogP contribution in [0.15, 0.2) is 42.5 Å². The fourth-order valence-corrected chi connectivity index (χ4v) is 5.24. The van der Waals surface area contributed by atoms with E-state index in [4.69, 9.17) is 0 Å². The number of likely N-dealkylation sites (tertiary alicyclic amines) is 1. The number of hydrogen-bond donors (Lipinski definition) is 1. The van der Waals surface area contributed by atoms with Crippen molar-refractivity contribution in [2.45, 2.75) is 37.8 Å². The molecule has 1 N–H and O–H groups in total. The van der Waals surface area contributed by atoms with Crippen molar-refractivity contribution in [1.29, 1.82) is 0 Å². The zero-order valence-electron chi connectivity index (χ0n) is 16.7. The molecule has 1 aliphatic carbocycles. The molecule has 2 fully saturated rings. The Balaban J connectivity index is 1.56. The third-order valence-electron chi connectivity index (χ3n) is 7.01. The number of likely N-dealkylation sites (N-methyl/N-ethyl adjacent to an activating group) is 1. The van der Waals surface area contributed by atoms with Crippen LogP contribution in [0.3, 0.4) is 0 Å². The molecule has 0 unspecified atom stereocenters. The molecule has 0 aromatic heterocycles. The highest BCUT2D eigenvalue weighted by Gasteiger charge is 2.48. The zero-order chi connectivity index (χ0) is 20.1. The Morgan fingerprint density at radius 2 is 1.83 bits per heavy atom. The summed E-state index contributed by atoms with van der Waals surface area (Å²) in [5.41, 5.74) is 4.21.